The van der Waals surface area contributed by atoms with Gasteiger partial charge in [-0.2, -0.15) is 10.2 Å². The van der Waals surface area contributed by atoms with Crippen molar-refractivity contribution < 1.29 is 4.39 Å². The number of nitrogens with zero attached hydrogens (tertiary/aromatic N) is 3. The number of anilines is 1. The van der Waals surface area contributed by atoms with Gasteiger partial charge in [0.1, 0.15) is 17.3 Å². The van der Waals surface area contributed by atoms with Crippen molar-refractivity contribution >= 4 is 28.5 Å². The largest absolute Gasteiger partial charge is 0.383 e. The van der Waals surface area contributed by atoms with Crippen molar-refractivity contribution in [2.45, 2.75) is 19.8 Å². The van der Waals surface area contributed by atoms with Gasteiger partial charge in [0, 0.05) is 0 Å². The number of aromatic nitrogens is 4. The Morgan fingerprint density at radius 2 is 2.15 bits per heavy atom. The number of fused-ring (bicyclic) bond motifs is 1. The Kier molecular flexibility index (Phi) is 2.90. The highest BCUT2D eigenvalue weighted by atomic mass is 35.5. The van der Waals surface area contributed by atoms with Crippen molar-refractivity contribution in [2.24, 2.45) is 0 Å². The molecule has 0 atom stereocenters. The highest BCUT2D eigenvalue weighted by Crippen LogP contribution is 2.32. The number of H-pyrrole nitrogens is 1. The molecular formula is C13H13ClFN5. The molecule has 3 aromatic rings. The second-order valence-electron chi connectivity index (χ2n) is 4.86. The van der Waals surface area contributed by atoms with E-state index in [9.17, 15) is 4.39 Å². The van der Waals surface area contributed by atoms with E-state index in [4.69, 9.17) is 17.3 Å². The number of hydrogen-bond donors (Lipinski definition) is 2. The maximum absolute atomic E-state index is 14.1. The molecule has 3 N–H and O–H groups in total. The second-order valence-corrected chi connectivity index (χ2v) is 5.27. The van der Waals surface area contributed by atoms with Crippen molar-refractivity contribution in [3.8, 4) is 5.69 Å². The zero-order valence-electron chi connectivity index (χ0n) is 11.0. The van der Waals surface area contributed by atoms with E-state index in [0.717, 1.165) is 5.69 Å². The van der Waals surface area contributed by atoms with Crippen molar-refractivity contribution in [1.82, 2.24) is 20.0 Å². The van der Waals surface area contributed by atoms with Crippen LogP contribution in [0.3, 0.4) is 0 Å². The number of nitrogen functional groups attached to an aromatic ring is 1. The third-order valence-corrected chi connectivity index (χ3v) is 3.44. The number of benzene rings is 1. The topological polar surface area (TPSA) is 72.5 Å². The monoisotopic (exact) mass is 293 g/mol. The Balaban J connectivity index is 2.38. The Bertz CT molecular complexity index is 769. The molecular weight excluding hydrogens is 281 g/mol. The highest BCUT2D eigenvalue weighted by Gasteiger charge is 2.22. The molecule has 0 radical (unpaired) electrons. The lowest BCUT2D eigenvalue weighted by Crippen LogP contribution is -2.03. The minimum atomic E-state index is -0.459. The van der Waals surface area contributed by atoms with Crippen molar-refractivity contribution in [2.75, 3.05) is 5.73 Å². The Morgan fingerprint density at radius 1 is 1.40 bits per heavy atom. The van der Waals surface area contributed by atoms with Gasteiger partial charge in [0.25, 0.3) is 0 Å². The molecule has 0 amide bonds. The van der Waals surface area contributed by atoms with Gasteiger partial charge in [0.05, 0.1) is 16.1 Å². The molecule has 20 heavy (non-hydrogen) atoms. The van der Waals surface area contributed by atoms with E-state index in [1.54, 1.807) is 12.1 Å². The minimum Gasteiger partial charge on any atom is -0.383 e. The van der Waals surface area contributed by atoms with E-state index < -0.39 is 5.82 Å². The number of rotatable bonds is 2. The van der Waals surface area contributed by atoms with Gasteiger partial charge < -0.3 is 5.73 Å². The van der Waals surface area contributed by atoms with E-state index in [0.29, 0.717) is 16.9 Å². The lowest BCUT2D eigenvalue weighted by Gasteiger charge is -2.06. The molecule has 0 aliphatic rings. The third-order valence-electron chi connectivity index (χ3n) is 3.14. The molecule has 2 heterocycles. The fraction of sp³-hybridized carbons (Fsp3) is 0.231. The lowest BCUT2D eigenvalue weighted by atomic mass is 10.1. The standard InChI is InChI=1S/C13H13ClFN5/c1-6(2)10-9-12(16)17-18-13(9)20(19-10)11-7(14)4-3-5-8(11)15/h3-6H,1-2H3,(H3,16,17,18). The first-order valence-electron chi connectivity index (χ1n) is 6.17. The van der Waals surface area contributed by atoms with Crippen LogP contribution in [-0.4, -0.2) is 20.0 Å². The molecule has 0 fully saturated rings. The van der Waals surface area contributed by atoms with Crippen LogP contribution >= 0.6 is 11.6 Å². The predicted octanol–water partition coefficient (Wildman–Crippen LogP) is 3.25. The smallest absolute Gasteiger partial charge is 0.186 e. The van der Waals surface area contributed by atoms with Crippen LogP contribution in [0.2, 0.25) is 5.02 Å². The number of nitrogens with one attached hydrogen (secondary N) is 1. The summed E-state index contributed by atoms with van der Waals surface area (Å²) in [6.45, 7) is 3.98. The van der Waals surface area contributed by atoms with E-state index in [1.807, 2.05) is 13.8 Å². The number of hydrogen-bond acceptors (Lipinski definition) is 3. The van der Waals surface area contributed by atoms with E-state index in [2.05, 4.69) is 15.3 Å². The summed E-state index contributed by atoms with van der Waals surface area (Å²) in [7, 11) is 0. The molecule has 0 aliphatic heterocycles. The number of halogens is 2. The molecule has 3 rings (SSSR count). The van der Waals surface area contributed by atoms with Gasteiger partial charge in [-0.15, -0.1) is 0 Å². The van der Waals surface area contributed by atoms with Gasteiger partial charge in [-0.25, -0.2) is 9.07 Å². The van der Waals surface area contributed by atoms with Crippen molar-refractivity contribution in [3.05, 3.63) is 34.7 Å². The second kappa shape index (κ2) is 4.49. The first kappa shape index (κ1) is 12.9. The summed E-state index contributed by atoms with van der Waals surface area (Å²) in [5.41, 5.74) is 7.29. The van der Waals surface area contributed by atoms with E-state index in [-0.39, 0.29) is 16.6 Å². The molecule has 2 aromatic heterocycles. The first-order chi connectivity index (χ1) is 9.50. The molecule has 0 unspecified atom stereocenters. The summed E-state index contributed by atoms with van der Waals surface area (Å²) < 4.78 is 15.5. The number of nitrogens with two attached hydrogens (primary N) is 1. The predicted molar refractivity (Wildman–Crippen MR) is 76.7 cm³/mol. The van der Waals surface area contributed by atoms with E-state index >= 15 is 0 Å². The lowest BCUT2D eigenvalue weighted by molar-refractivity contribution is 0.610. The van der Waals surface area contributed by atoms with Crippen LogP contribution in [0.5, 0.6) is 0 Å². The van der Waals surface area contributed by atoms with Gasteiger partial charge >= 0.3 is 0 Å². The van der Waals surface area contributed by atoms with Gasteiger partial charge in [0.15, 0.2) is 5.65 Å². The summed E-state index contributed by atoms with van der Waals surface area (Å²) in [5, 5.41) is 12.2. The van der Waals surface area contributed by atoms with Crippen LogP contribution < -0.4 is 5.73 Å². The maximum atomic E-state index is 14.1. The molecule has 5 nitrogen and oxygen atoms in total. The zero-order valence-corrected chi connectivity index (χ0v) is 11.7. The van der Waals surface area contributed by atoms with Crippen LogP contribution in [0, 0.1) is 5.82 Å². The number of aromatic amines is 1. The molecule has 1 aromatic carbocycles. The first-order valence-corrected chi connectivity index (χ1v) is 6.55. The third kappa shape index (κ3) is 1.76. The van der Waals surface area contributed by atoms with Gasteiger partial charge in [-0.1, -0.05) is 31.5 Å². The van der Waals surface area contributed by atoms with Crippen molar-refractivity contribution in [1.29, 1.82) is 0 Å². The summed E-state index contributed by atoms with van der Waals surface area (Å²) in [5.74, 6) is 0.0883. The van der Waals surface area contributed by atoms with Crippen LogP contribution in [-0.2, 0) is 0 Å². The fourth-order valence-electron chi connectivity index (χ4n) is 2.21. The van der Waals surface area contributed by atoms with Crippen LogP contribution in [0.1, 0.15) is 25.5 Å². The number of para-hydroxylation sites is 1. The van der Waals surface area contributed by atoms with Gasteiger partial charge in [-0.3, -0.25) is 5.10 Å². The van der Waals surface area contributed by atoms with Crippen molar-refractivity contribution in [3.63, 3.8) is 0 Å². The molecule has 0 spiro atoms. The summed E-state index contributed by atoms with van der Waals surface area (Å²) >= 11 is 6.09. The van der Waals surface area contributed by atoms with E-state index in [1.165, 1.54) is 10.7 Å². The summed E-state index contributed by atoms with van der Waals surface area (Å²) in [6.07, 6.45) is 0. The Labute approximate surface area is 119 Å². The fourth-order valence-corrected chi connectivity index (χ4v) is 2.45. The molecule has 0 saturated carbocycles. The molecule has 0 bridgehead atoms. The molecule has 0 aliphatic carbocycles. The van der Waals surface area contributed by atoms with Gasteiger partial charge in [0.2, 0.25) is 0 Å². The summed E-state index contributed by atoms with van der Waals surface area (Å²) in [6, 6.07) is 4.49. The highest BCUT2D eigenvalue weighted by molar-refractivity contribution is 6.32. The zero-order chi connectivity index (χ0) is 14.4. The minimum absolute atomic E-state index is 0.129. The average Bonchev–Trinajstić information content (AvgIpc) is 2.92. The Hall–Kier alpha value is -2.08. The summed E-state index contributed by atoms with van der Waals surface area (Å²) in [4.78, 5) is 0. The average molecular weight is 294 g/mol. The van der Waals surface area contributed by atoms with Crippen LogP contribution in [0.4, 0.5) is 10.2 Å². The normalized spacial score (nSPS) is 11.7. The molecule has 104 valence electrons. The van der Waals surface area contributed by atoms with Crippen LogP contribution in [0.15, 0.2) is 18.2 Å². The SMILES string of the molecule is CC(C)c1nn(-c2c(F)cccc2Cl)c2n[nH]c(N)c12. The van der Waals surface area contributed by atoms with Gasteiger partial charge in [-0.05, 0) is 18.1 Å². The Morgan fingerprint density at radius 3 is 2.80 bits per heavy atom. The molecule has 0 saturated heterocycles. The molecule has 7 heteroatoms. The van der Waals surface area contributed by atoms with Crippen LogP contribution in [0.25, 0.3) is 16.7 Å². The maximum Gasteiger partial charge on any atom is 0.186 e. The quantitative estimate of drug-likeness (QED) is 0.762.